The summed E-state index contributed by atoms with van der Waals surface area (Å²) < 4.78 is 0. The van der Waals surface area contributed by atoms with Crippen molar-refractivity contribution >= 4 is 23.2 Å². The lowest BCUT2D eigenvalue weighted by Gasteiger charge is -2.34. The van der Waals surface area contributed by atoms with Crippen LogP contribution in [0.4, 0.5) is 5.69 Å². The first-order valence-electron chi connectivity index (χ1n) is 9.45. The largest absolute Gasteiger partial charge is 0.322 e. The third kappa shape index (κ3) is 5.76. The van der Waals surface area contributed by atoms with E-state index in [-0.39, 0.29) is 5.91 Å². The fourth-order valence-electron chi connectivity index (χ4n) is 3.24. The van der Waals surface area contributed by atoms with Crippen LogP contribution in [0.2, 0.25) is 5.15 Å². The minimum atomic E-state index is -0.0531. The summed E-state index contributed by atoms with van der Waals surface area (Å²) in [6.07, 6.45) is 1.60. The number of pyridine rings is 1. The van der Waals surface area contributed by atoms with Crippen molar-refractivity contribution in [2.75, 3.05) is 38.0 Å². The number of anilines is 1. The smallest absolute Gasteiger partial charge is 0.238 e. The van der Waals surface area contributed by atoms with Crippen molar-refractivity contribution in [2.24, 2.45) is 0 Å². The zero-order chi connectivity index (χ0) is 19.2. The van der Waals surface area contributed by atoms with Crippen molar-refractivity contribution in [2.45, 2.75) is 26.3 Å². The van der Waals surface area contributed by atoms with E-state index < -0.39 is 0 Å². The molecule has 1 N–H and O–H groups in total. The molecule has 0 aliphatic carbocycles. The minimum absolute atomic E-state index is 0.0531. The van der Waals surface area contributed by atoms with E-state index in [4.69, 9.17) is 11.6 Å². The average Bonchev–Trinajstić information content (AvgIpc) is 2.66. The lowest BCUT2D eigenvalue weighted by atomic mass is 10.0. The van der Waals surface area contributed by atoms with E-state index in [1.807, 2.05) is 0 Å². The van der Waals surface area contributed by atoms with Gasteiger partial charge in [0, 0.05) is 38.9 Å². The van der Waals surface area contributed by atoms with Gasteiger partial charge in [-0.3, -0.25) is 14.6 Å². The molecule has 1 saturated heterocycles. The molecule has 0 saturated carbocycles. The molecular formula is C21H27ClN4O. The first-order chi connectivity index (χ1) is 13.0. The van der Waals surface area contributed by atoms with E-state index in [2.05, 4.69) is 58.2 Å². The van der Waals surface area contributed by atoms with E-state index in [9.17, 15) is 4.79 Å². The van der Waals surface area contributed by atoms with Gasteiger partial charge in [0.25, 0.3) is 0 Å². The molecule has 2 heterocycles. The quantitative estimate of drug-likeness (QED) is 0.770. The van der Waals surface area contributed by atoms with Gasteiger partial charge in [0.15, 0.2) is 5.15 Å². The molecule has 1 aromatic carbocycles. The molecule has 6 heteroatoms. The molecule has 0 unspecified atom stereocenters. The van der Waals surface area contributed by atoms with Crippen LogP contribution in [0.5, 0.6) is 0 Å². The molecule has 1 aliphatic rings. The second kappa shape index (κ2) is 9.31. The highest BCUT2D eigenvalue weighted by atomic mass is 35.5. The van der Waals surface area contributed by atoms with Crippen LogP contribution in [0.3, 0.4) is 0 Å². The minimum Gasteiger partial charge on any atom is -0.322 e. The van der Waals surface area contributed by atoms with Crippen LogP contribution in [0.25, 0.3) is 0 Å². The maximum absolute atomic E-state index is 12.2. The number of aromatic nitrogens is 1. The van der Waals surface area contributed by atoms with Crippen LogP contribution >= 0.6 is 11.6 Å². The molecule has 1 aromatic heterocycles. The number of nitrogens with zero attached hydrogens (tertiary/aromatic N) is 3. The molecule has 27 heavy (non-hydrogen) atoms. The van der Waals surface area contributed by atoms with E-state index in [0.29, 0.717) is 23.3 Å². The topological polar surface area (TPSA) is 48.5 Å². The molecule has 0 bridgehead atoms. The number of carbonyl (C=O) groups excluding carboxylic acids is 1. The predicted octanol–water partition coefficient (Wildman–Crippen LogP) is 3.61. The monoisotopic (exact) mass is 386 g/mol. The van der Waals surface area contributed by atoms with Crippen molar-refractivity contribution in [3.63, 3.8) is 0 Å². The van der Waals surface area contributed by atoms with E-state index in [1.54, 1.807) is 18.3 Å². The Morgan fingerprint density at radius 2 is 1.78 bits per heavy atom. The number of carbonyl (C=O) groups is 1. The second-order valence-corrected chi connectivity index (χ2v) is 7.70. The number of rotatable bonds is 6. The first-order valence-corrected chi connectivity index (χ1v) is 9.83. The summed E-state index contributed by atoms with van der Waals surface area (Å²) in [4.78, 5) is 20.8. The summed E-state index contributed by atoms with van der Waals surface area (Å²) >= 11 is 5.99. The standard InChI is InChI=1S/C21H27ClN4O/c1-16(2)18-7-5-17(6-8-18)14-25-10-12-26(13-11-25)15-20(27)24-19-4-3-9-23-21(19)22/h3-9,16H,10-15H2,1-2H3,(H,24,27). The molecule has 0 radical (unpaired) electrons. The predicted molar refractivity (Wildman–Crippen MR) is 110 cm³/mol. The SMILES string of the molecule is CC(C)c1ccc(CN2CCN(CC(=O)Nc3cccnc3Cl)CC2)cc1. The fraction of sp³-hybridized carbons (Fsp3) is 0.429. The Hall–Kier alpha value is -1.95. The van der Waals surface area contributed by atoms with Crippen molar-refractivity contribution in [3.05, 3.63) is 58.9 Å². The zero-order valence-electron chi connectivity index (χ0n) is 16.0. The summed E-state index contributed by atoms with van der Waals surface area (Å²) in [7, 11) is 0. The van der Waals surface area contributed by atoms with Crippen LogP contribution in [0, 0.1) is 0 Å². The highest BCUT2D eigenvalue weighted by Gasteiger charge is 2.19. The van der Waals surface area contributed by atoms with Gasteiger partial charge in [-0.05, 0) is 29.2 Å². The molecule has 1 amide bonds. The maximum Gasteiger partial charge on any atom is 0.238 e. The van der Waals surface area contributed by atoms with Gasteiger partial charge in [-0.25, -0.2) is 4.98 Å². The number of piperazine rings is 1. The summed E-state index contributed by atoms with van der Waals surface area (Å²) in [5.41, 5.74) is 3.28. The van der Waals surface area contributed by atoms with Gasteiger partial charge in [0.05, 0.1) is 12.2 Å². The first kappa shape index (κ1) is 19.8. The van der Waals surface area contributed by atoms with Crippen molar-refractivity contribution in [1.82, 2.24) is 14.8 Å². The van der Waals surface area contributed by atoms with Gasteiger partial charge in [-0.2, -0.15) is 0 Å². The van der Waals surface area contributed by atoms with Crippen LogP contribution in [0.15, 0.2) is 42.6 Å². The number of nitrogens with one attached hydrogen (secondary N) is 1. The van der Waals surface area contributed by atoms with Gasteiger partial charge in [-0.1, -0.05) is 49.7 Å². The van der Waals surface area contributed by atoms with Crippen molar-refractivity contribution < 1.29 is 4.79 Å². The van der Waals surface area contributed by atoms with Gasteiger partial charge in [0.2, 0.25) is 5.91 Å². The normalized spacial score (nSPS) is 15.9. The molecule has 1 fully saturated rings. The molecule has 2 aromatic rings. The molecule has 0 spiro atoms. The summed E-state index contributed by atoms with van der Waals surface area (Å²) in [6.45, 7) is 9.47. The Labute approximate surface area is 166 Å². The average molecular weight is 387 g/mol. The number of hydrogen-bond donors (Lipinski definition) is 1. The second-order valence-electron chi connectivity index (χ2n) is 7.34. The third-order valence-electron chi connectivity index (χ3n) is 4.92. The Morgan fingerprint density at radius 3 is 2.41 bits per heavy atom. The van der Waals surface area contributed by atoms with Crippen LogP contribution in [-0.2, 0) is 11.3 Å². The number of halogens is 1. The molecule has 144 valence electrons. The summed E-state index contributed by atoms with van der Waals surface area (Å²) in [5, 5.41) is 3.15. The van der Waals surface area contributed by atoms with Crippen LogP contribution < -0.4 is 5.32 Å². The van der Waals surface area contributed by atoms with E-state index >= 15 is 0 Å². The Kier molecular flexibility index (Phi) is 6.83. The Morgan fingerprint density at radius 1 is 1.11 bits per heavy atom. The zero-order valence-corrected chi connectivity index (χ0v) is 16.7. The van der Waals surface area contributed by atoms with Gasteiger partial charge < -0.3 is 5.32 Å². The van der Waals surface area contributed by atoms with E-state index in [1.165, 1.54) is 11.1 Å². The van der Waals surface area contributed by atoms with Crippen LogP contribution in [0.1, 0.15) is 30.9 Å². The Balaban J connectivity index is 1.43. The lowest BCUT2D eigenvalue weighted by Crippen LogP contribution is -2.48. The van der Waals surface area contributed by atoms with Gasteiger partial charge in [0.1, 0.15) is 0 Å². The van der Waals surface area contributed by atoms with Crippen molar-refractivity contribution in [3.8, 4) is 0 Å². The van der Waals surface area contributed by atoms with Gasteiger partial charge in [-0.15, -0.1) is 0 Å². The van der Waals surface area contributed by atoms with Crippen molar-refractivity contribution in [1.29, 1.82) is 0 Å². The fourth-order valence-corrected chi connectivity index (χ4v) is 3.41. The number of hydrogen-bond acceptors (Lipinski definition) is 4. The third-order valence-corrected chi connectivity index (χ3v) is 5.22. The molecular weight excluding hydrogens is 360 g/mol. The Bertz CT molecular complexity index is 755. The molecule has 1 aliphatic heterocycles. The highest BCUT2D eigenvalue weighted by Crippen LogP contribution is 2.18. The molecule has 5 nitrogen and oxygen atoms in total. The number of amides is 1. The maximum atomic E-state index is 12.2. The summed E-state index contributed by atoms with van der Waals surface area (Å²) in [5.74, 6) is 0.512. The van der Waals surface area contributed by atoms with Gasteiger partial charge >= 0.3 is 0 Å². The highest BCUT2D eigenvalue weighted by molar-refractivity contribution is 6.32. The lowest BCUT2D eigenvalue weighted by molar-refractivity contribution is -0.117. The van der Waals surface area contributed by atoms with Crippen LogP contribution in [-0.4, -0.2) is 53.4 Å². The number of benzene rings is 1. The van der Waals surface area contributed by atoms with E-state index in [0.717, 1.165) is 32.7 Å². The summed E-state index contributed by atoms with van der Waals surface area (Å²) in [6, 6.07) is 12.4. The molecule has 0 atom stereocenters. The molecule has 3 rings (SSSR count).